The van der Waals surface area contributed by atoms with E-state index in [1.807, 2.05) is 35.8 Å². The number of hydrogen-bond donors (Lipinski definition) is 1. The lowest BCUT2D eigenvalue weighted by Crippen LogP contribution is -2.25. The highest BCUT2D eigenvalue weighted by Crippen LogP contribution is 2.40. The summed E-state index contributed by atoms with van der Waals surface area (Å²) in [6.07, 6.45) is 2.00. The highest BCUT2D eigenvalue weighted by atomic mass is 35.5. The molecule has 1 saturated carbocycles. The van der Waals surface area contributed by atoms with Gasteiger partial charge >= 0.3 is 0 Å². The Labute approximate surface area is 147 Å². The Balaban J connectivity index is 1.79. The number of H-pyrrole nitrogens is 1. The van der Waals surface area contributed by atoms with Gasteiger partial charge in [-0.15, -0.1) is 0 Å². The van der Waals surface area contributed by atoms with Crippen molar-refractivity contribution >= 4 is 33.7 Å². The van der Waals surface area contributed by atoms with Gasteiger partial charge < -0.3 is 0 Å². The van der Waals surface area contributed by atoms with E-state index >= 15 is 0 Å². The Hall–Kier alpha value is -2.47. The summed E-state index contributed by atoms with van der Waals surface area (Å²) >= 11 is 6.42. The molecule has 0 radical (unpaired) electrons. The maximum Gasteiger partial charge on any atom is 0.164 e. The molecule has 7 heteroatoms. The van der Waals surface area contributed by atoms with Crippen LogP contribution in [0.1, 0.15) is 30.3 Å². The molecule has 0 atom stereocenters. The summed E-state index contributed by atoms with van der Waals surface area (Å²) in [4.78, 5) is 9.42. The lowest BCUT2D eigenvalue weighted by atomic mass is 9.83. The Morgan fingerprint density at radius 2 is 2.08 bits per heavy atom. The van der Waals surface area contributed by atoms with Crippen LogP contribution in [0.25, 0.3) is 27.8 Å². The van der Waals surface area contributed by atoms with Crippen LogP contribution in [0.3, 0.4) is 0 Å². The van der Waals surface area contributed by atoms with Crippen molar-refractivity contribution in [2.24, 2.45) is 0 Å². The summed E-state index contributed by atoms with van der Waals surface area (Å²) in [7, 11) is 0. The van der Waals surface area contributed by atoms with E-state index in [4.69, 9.17) is 16.6 Å². The molecule has 1 fully saturated rings. The zero-order chi connectivity index (χ0) is 17.1. The van der Waals surface area contributed by atoms with Crippen molar-refractivity contribution in [2.45, 2.75) is 31.9 Å². The van der Waals surface area contributed by atoms with Gasteiger partial charge in [-0.3, -0.25) is 9.67 Å². The summed E-state index contributed by atoms with van der Waals surface area (Å²) in [5, 5.41) is 8.46. The van der Waals surface area contributed by atoms with Gasteiger partial charge in [0, 0.05) is 17.0 Å². The molecule has 1 aromatic carbocycles. The number of aryl methyl sites for hydroxylation is 1. The van der Waals surface area contributed by atoms with Crippen LogP contribution in [0.4, 0.5) is 4.39 Å². The number of rotatable bonds is 2. The van der Waals surface area contributed by atoms with Crippen LogP contribution in [0.5, 0.6) is 0 Å². The third kappa shape index (κ3) is 2.24. The van der Waals surface area contributed by atoms with Crippen LogP contribution < -0.4 is 0 Å². The summed E-state index contributed by atoms with van der Waals surface area (Å²) in [6.45, 7) is 1.95. The van der Waals surface area contributed by atoms with Gasteiger partial charge in [0.15, 0.2) is 5.65 Å². The lowest BCUT2D eigenvalue weighted by molar-refractivity contribution is 0.173. The third-order valence-electron chi connectivity index (χ3n) is 4.86. The number of alkyl halides is 1. The van der Waals surface area contributed by atoms with Gasteiger partial charge in [0.25, 0.3) is 0 Å². The van der Waals surface area contributed by atoms with Crippen molar-refractivity contribution in [1.29, 1.82) is 0 Å². The van der Waals surface area contributed by atoms with E-state index in [0.717, 1.165) is 39.3 Å². The van der Waals surface area contributed by atoms with Gasteiger partial charge in [-0.2, -0.15) is 5.10 Å². The molecule has 4 aromatic rings. The van der Waals surface area contributed by atoms with Gasteiger partial charge in [-0.25, -0.2) is 14.4 Å². The number of imidazole rings is 1. The Morgan fingerprint density at radius 1 is 1.24 bits per heavy atom. The van der Waals surface area contributed by atoms with E-state index in [2.05, 4.69) is 15.2 Å². The predicted molar refractivity (Wildman–Crippen MR) is 95.1 cm³/mol. The zero-order valence-electron chi connectivity index (χ0n) is 13.5. The Bertz CT molecular complexity index is 1110. The molecule has 3 aromatic heterocycles. The molecule has 25 heavy (non-hydrogen) atoms. The van der Waals surface area contributed by atoms with E-state index in [9.17, 15) is 4.39 Å². The largest absolute Gasteiger partial charge is 0.280 e. The minimum absolute atomic E-state index is 0.100. The van der Waals surface area contributed by atoms with Crippen LogP contribution in [-0.4, -0.2) is 30.9 Å². The maximum atomic E-state index is 13.5. The molecule has 0 amide bonds. The molecule has 5 nitrogen and oxygen atoms in total. The molecule has 5 rings (SSSR count). The SMILES string of the molecule is Cc1ccc2nc([C@H]3C[C@H](F)C3)n(-c3cc(Cl)c4[nH]ncc4c3)c2n1. The monoisotopic (exact) mass is 355 g/mol. The molecule has 0 saturated heterocycles. The molecule has 3 heterocycles. The fourth-order valence-electron chi connectivity index (χ4n) is 3.49. The first kappa shape index (κ1) is 14.8. The number of pyridine rings is 1. The number of halogens is 2. The Kier molecular flexibility index (Phi) is 3.12. The molecular formula is C18H15ClFN5. The molecule has 0 spiro atoms. The standard InChI is InChI=1S/C18H15ClFN5/c1-9-2-3-15-18(22-9)25(17(23-15)10-4-12(20)5-10)13-6-11-8-21-24-16(11)14(19)7-13/h2-3,6-8,10,12H,4-5H2,1H3,(H,21,24)/t10-,12-. The minimum atomic E-state index is -0.743. The van der Waals surface area contributed by atoms with E-state index in [1.165, 1.54) is 0 Å². The summed E-state index contributed by atoms with van der Waals surface area (Å²) < 4.78 is 15.5. The number of aromatic amines is 1. The average molecular weight is 356 g/mol. The van der Waals surface area contributed by atoms with E-state index in [0.29, 0.717) is 17.9 Å². The zero-order valence-corrected chi connectivity index (χ0v) is 14.3. The van der Waals surface area contributed by atoms with Crippen molar-refractivity contribution in [2.75, 3.05) is 0 Å². The Morgan fingerprint density at radius 3 is 2.88 bits per heavy atom. The smallest absolute Gasteiger partial charge is 0.164 e. The molecule has 0 bridgehead atoms. The number of aromatic nitrogens is 5. The van der Waals surface area contributed by atoms with Gasteiger partial charge in [-0.1, -0.05) is 11.6 Å². The van der Waals surface area contributed by atoms with Crippen LogP contribution in [0, 0.1) is 6.92 Å². The van der Waals surface area contributed by atoms with Crippen molar-refractivity contribution in [3.05, 3.63) is 47.0 Å². The van der Waals surface area contributed by atoms with E-state index in [-0.39, 0.29) is 5.92 Å². The van der Waals surface area contributed by atoms with Gasteiger partial charge in [-0.05, 0) is 44.0 Å². The molecule has 1 aliphatic carbocycles. The highest BCUT2D eigenvalue weighted by Gasteiger charge is 2.34. The quantitative estimate of drug-likeness (QED) is 0.577. The van der Waals surface area contributed by atoms with Crippen molar-refractivity contribution in [3.8, 4) is 5.69 Å². The van der Waals surface area contributed by atoms with Crippen LogP contribution in [-0.2, 0) is 0 Å². The van der Waals surface area contributed by atoms with Gasteiger partial charge in [0.1, 0.15) is 17.5 Å². The van der Waals surface area contributed by atoms with E-state index in [1.54, 1.807) is 6.20 Å². The molecule has 1 aliphatic rings. The second kappa shape index (κ2) is 5.26. The topological polar surface area (TPSA) is 59.4 Å². The number of nitrogens with one attached hydrogen (secondary N) is 1. The number of hydrogen-bond acceptors (Lipinski definition) is 3. The van der Waals surface area contributed by atoms with Crippen molar-refractivity contribution in [3.63, 3.8) is 0 Å². The first-order valence-electron chi connectivity index (χ1n) is 8.23. The summed E-state index contributed by atoms with van der Waals surface area (Å²) in [5.74, 6) is 0.948. The van der Waals surface area contributed by atoms with Gasteiger partial charge in [0.05, 0.1) is 22.4 Å². The fourth-order valence-corrected chi connectivity index (χ4v) is 3.75. The van der Waals surface area contributed by atoms with Gasteiger partial charge in [0.2, 0.25) is 0 Å². The normalized spacial score (nSPS) is 20.3. The lowest BCUT2D eigenvalue weighted by Gasteiger charge is -2.29. The average Bonchev–Trinajstić information content (AvgIpc) is 3.15. The second-order valence-corrected chi connectivity index (χ2v) is 7.04. The van der Waals surface area contributed by atoms with Crippen molar-refractivity contribution < 1.29 is 4.39 Å². The molecule has 0 unspecified atom stereocenters. The van der Waals surface area contributed by atoms with Crippen molar-refractivity contribution in [1.82, 2.24) is 24.7 Å². The summed E-state index contributed by atoms with van der Waals surface area (Å²) in [5.41, 5.74) is 4.17. The molecule has 126 valence electrons. The first-order valence-corrected chi connectivity index (χ1v) is 8.61. The number of fused-ring (bicyclic) bond motifs is 2. The predicted octanol–water partition coefficient (Wildman–Crippen LogP) is 4.47. The fraction of sp³-hybridized carbons (Fsp3) is 0.278. The molecule has 1 N–H and O–H groups in total. The second-order valence-electron chi connectivity index (χ2n) is 6.63. The summed E-state index contributed by atoms with van der Waals surface area (Å²) in [6, 6.07) is 7.78. The van der Waals surface area contributed by atoms with E-state index < -0.39 is 6.17 Å². The highest BCUT2D eigenvalue weighted by molar-refractivity contribution is 6.35. The molecular weight excluding hydrogens is 341 g/mol. The number of benzene rings is 1. The first-order chi connectivity index (χ1) is 12.1. The molecule has 0 aliphatic heterocycles. The van der Waals surface area contributed by atoms with Crippen LogP contribution in [0.15, 0.2) is 30.5 Å². The van der Waals surface area contributed by atoms with Crippen LogP contribution >= 0.6 is 11.6 Å². The minimum Gasteiger partial charge on any atom is -0.280 e. The maximum absolute atomic E-state index is 13.5. The number of nitrogens with zero attached hydrogens (tertiary/aromatic N) is 4. The van der Waals surface area contributed by atoms with Crippen LogP contribution in [0.2, 0.25) is 5.02 Å². The third-order valence-corrected chi connectivity index (χ3v) is 5.16.